The molecule has 0 radical (unpaired) electrons. The van der Waals surface area contributed by atoms with E-state index in [0.29, 0.717) is 6.79 Å². The zero-order valence-electron chi connectivity index (χ0n) is 14.8. The van der Waals surface area contributed by atoms with Crippen molar-refractivity contribution in [3.05, 3.63) is 23.8 Å². The first-order valence-electron chi connectivity index (χ1n) is 9.15. The van der Waals surface area contributed by atoms with Gasteiger partial charge in [0, 0.05) is 6.54 Å². The van der Waals surface area contributed by atoms with Crippen molar-refractivity contribution in [2.75, 3.05) is 33.0 Å². The van der Waals surface area contributed by atoms with Crippen LogP contribution in [0.4, 0.5) is 0 Å². The van der Waals surface area contributed by atoms with Gasteiger partial charge in [-0.15, -0.1) is 0 Å². The third kappa shape index (κ3) is 6.40. The molecular weight excluding hydrogens is 288 g/mol. The Bertz CT molecular complexity index is 443. The van der Waals surface area contributed by atoms with E-state index in [4.69, 9.17) is 9.47 Å². The van der Waals surface area contributed by atoms with Crippen molar-refractivity contribution in [1.82, 2.24) is 10.2 Å². The van der Waals surface area contributed by atoms with Crippen LogP contribution in [0.2, 0.25) is 0 Å². The summed E-state index contributed by atoms with van der Waals surface area (Å²) >= 11 is 0. The van der Waals surface area contributed by atoms with Crippen molar-refractivity contribution in [1.29, 1.82) is 0 Å². The molecule has 23 heavy (non-hydrogen) atoms. The van der Waals surface area contributed by atoms with E-state index in [1.54, 1.807) is 0 Å². The molecule has 0 amide bonds. The molecule has 0 unspecified atom stereocenters. The minimum atomic E-state index is 0.345. The number of nitrogens with one attached hydrogen (secondary N) is 1. The Morgan fingerprint density at radius 3 is 2.39 bits per heavy atom. The van der Waals surface area contributed by atoms with Gasteiger partial charge in [-0.25, -0.2) is 0 Å². The van der Waals surface area contributed by atoms with Gasteiger partial charge in [0.15, 0.2) is 11.5 Å². The second-order valence-corrected chi connectivity index (χ2v) is 6.27. The predicted molar refractivity (Wildman–Crippen MR) is 95.1 cm³/mol. The molecule has 1 N–H and O–H groups in total. The molecule has 0 fully saturated rings. The molecule has 2 rings (SSSR count). The van der Waals surface area contributed by atoms with Crippen molar-refractivity contribution < 1.29 is 9.47 Å². The lowest BCUT2D eigenvalue weighted by Gasteiger charge is -2.21. The third-order valence-electron chi connectivity index (χ3n) is 4.25. The molecule has 4 heteroatoms. The van der Waals surface area contributed by atoms with Gasteiger partial charge in [0.1, 0.15) is 0 Å². The molecule has 0 spiro atoms. The predicted octanol–water partition coefficient (Wildman–Crippen LogP) is 3.80. The summed E-state index contributed by atoms with van der Waals surface area (Å²) in [5, 5.41) is 3.54. The smallest absolute Gasteiger partial charge is 0.231 e. The average molecular weight is 320 g/mol. The second kappa shape index (κ2) is 10.5. The van der Waals surface area contributed by atoms with Crippen molar-refractivity contribution in [2.24, 2.45) is 0 Å². The molecule has 0 bridgehead atoms. The van der Waals surface area contributed by atoms with E-state index in [1.807, 2.05) is 6.07 Å². The molecule has 0 saturated heterocycles. The van der Waals surface area contributed by atoms with Gasteiger partial charge < -0.3 is 19.7 Å². The van der Waals surface area contributed by atoms with Gasteiger partial charge in [0.2, 0.25) is 6.79 Å². The van der Waals surface area contributed by atoms with Crippen LogP contribution in [-0.2, 0) is 6.54 Å². The first-order valence-corrected chi connectivity index (χ1v) is 9.15. The Balaban J connectivity index is 1.62. The highest BCUT2D eigenvalue weighted by Gasteiger charge is 2.12. The highest BCUT2D eigenvalue weighted by atomic mass is 16.7. The lowest BCUT2D eigenvalue weighted by atomic mass is 10.2. The Morgan fingerprint density at radius 2 is 1.65 bits per heavy atom. The molecule has 130 valence electrons. The summed E-state index contributed by atoms with van der Waals surface area (Å²) in [6, 6.07) is 6.18. The number of hydrogen-bond donors (Lipinski definition) is 1. The van der Waals surface area contributed by atoms with E-state index in [1.165, 1.54) is 57.3 Å². The highest BCUT2D eigenvalue weighted by Crippen LogP contribution is 2.32. The summed E-state index contributed by atoms with van der Waals surface area (Å²) in [6.07, 6.45) is 6.40. The lowest BCUT2D eigenvalue weighted by molar-refractivity contribution is 0.174. The SMILES string of the molecule is CCCCN(CCCC)CCCNCc1ccc2c(c1)OCO2. The lowest BCUT2D eigenvalue weighted by Crippen LogP contribution is -2.29. The van der Waals surface area contributed by atoms with Gasteiger partial charge in [-0.2, -0.15) is 0 Å². The Morgan fingerprint density at radius 1 is 0.957 bits per heavy atom. The molecule has 0 atom stereocenters. The third-order valence-corrected chi connectivity index (χ3v) is 4.25. The number of nitrogens with zero attached hydrogens (tertiary/aromatic N) is 1. The minimum absolute atomic E-state index is 0.345. The molecule has 1 aromatic carbocycles. The zero-order chi connectivity index (χ0) is 16.3. The number of benzene rings is 1. The fourth-order valence-electron chi connectivity index (χ4n) is 2.81. The Kier molecular flexibility index (Phi) is 8.26. The van der Waals surface area contributed by atoms with Crippen LogP contribution in [0.25, 0.3) is 0 Å². The van der Waals surface area contributed by atoms with E-state index < -0.39 is 0 Å². The number of rotatable bonds is 12. The fourth-order valence-corrected chi connectivity index (χ4v) is 2.81. The summed E-state index contributed by atoms with van der Waals surface area (Å²) in [4.78, 5) is 2.62. The molecule has 0 saturated carbocycles. The zero-order valence-corrected chi connectivity index (χ0v) is 14.8. The van der Waals surface area contributed by atoms with E-state index in [9.17, 15) is 0 Å². The molecule has 0 aromatic heterocycles. The fraction of sp³-hybridized carbons (Fsp3) is 0.684. The largest absolute Gasteiger partial charge is 0.454 e. The van der Waals surface area contributed by atoms with Crippen molar-refractivity contribution >= 4 is 0 Å². The Hall–Kier alpha value is -1.26. The number of hydrogen-bond acceptors (Lipinski definition) is 4. The molecule has 1 aromatic rings. The first kappa shape index (κ1) is 18.1. The maximum Gasteiger partial charge on any atom is 0.231 e. The van der Waals surface area contributed by atoms with Crippen LogP contribution in [0, 0.1) is 0 Å². The highest BCUT2D eigenvalue weighted by molar-refractivity contribution is 5.44. The molecule has 4 nitrogen and oxygen atoms in total. The topological polar surface area (TPSA) is 33.7 Å². The minimum Gasteiger partial charge on any atom is -0.454 e. The van der Waals surface area contributed by atoms with Gasteiger partial charge in [0.05, 0.1) is 0 Å². The van der Waals surface area contributed by atoms with E-state index in [2.05, 4.69) is 36.2 Å². The normalized spacial score (nSPS) is 13.0. The van der Waals surface area contributed by atoms with Gasteiger partial charge in [-0.1, -0.05) is 32.8 Å². The van der Waals surface area contributed by atoms with E-state index >= 15 is 0 Å². The second-order valence-electron chi connectivity index (χ2n) is 6.27. The van der Waals surface area contributed by atoms with Crippen LogP contribution in [-0.4, -0.2) is 37.9 Å². The van der Waals surface area contributed by atoms with Gasteiger partial charge in [-0.3, -0.25) is 0 Å². The van der Waals surface area contributed by atoms with E-state index in [0.717, 1.165) is 24.6 Å². The molecular formula is C19H32N2O2. The van der Waals surface area contributed by atoms with Crippen molar-refractivity contribution in [3.8, 4) is 11.5 Å². The summed E-state index contributed by atoms with van der Waals surface area (Å²) in [6.45, 7) is 10.5. The van der Waals surface area contributed by atoms with Crippen LogP contribution in [0.1, 0.15) is 51.5 Å². The monoisotopic (exact) mass is 320 g/mol. The maximum absolute atomic E-state index is 5.42. The van der Waals surface area contributed by atoms with Crippen LogP contribution in [0.3, 0.4) is 0 Å². The van der Waals surface area contributed by atoms with Gasteiger partial charge >= 0.3 is 0 Å². The summed E-state index contributed by atoms with van der Waals surface area (Å²) < 4.78 is 10.8. The van der Waals surface area contributed by atoms with Crippen LogP contribution in [0.5, 0.6) is 11.5 Å². The number of fused-ring (bicyclic) bond motifs is 1. The first-order chi connectivity index (χ1) is 11.3. The summed E-state index contributed by atoms with van der Waals surface area (Å²) in [5.74, 6) is 1.73. The number of unbranched alkanes of at least 4 members (excludes halogenated alkanes) is 2. The van der Waals surface area contributed by atoms with E-state index in [-0.39, 0.29) is 0 Å². The molecule has 1 heterocycles. The Labute approximate surface area is 141 Å². The van der Waals surface area contributed by atoms with Gasteiger partial charge in [0.25, 0.3) is 0 Å². The maximum atomic E-state index is 5.42. The van der Waals surface area contributed by atoms with Crippen molar-refractivity contribution in [2.45, 2.75) is 52.5 Å². The summed E-state index contributed by atoms with van der Waals surface area (Å²) in [5.41, 5.74) is 1.25. The summed E-state index contributed by atoms with van der Waals surface area (Å²) in [7, 11) is 0. The van der Waals surface area contributed by atoms with Crippen LogP contribution < -0.4 is 14.8 Å². The molecule has 0 aliphatic carbocycles. The van der Waals surface area contributed by atoms with Crippen molar-refractivity contribution in [3.63, 3.8) is 0 Å². The molecule has 1 aliphatic heterocycles. The standard InChI is InChI=1S/C19H32N2O2/c1-3-5-11-21(12-6-4-2)13-7-10-20-15-17-8-9-18-19(14-17)23-16-22-18/h8-9,14,20H,3-7,10-13,15-16H2,1-2H3. The van der Waals surface area contributed by atoms with Crippen LogP contribution >= 0.6 is 0 Å². The quantitative estimate of drug-likeness (QED) is 0.594. The number of ether oxygens (including phenoxy) is 2. The molecule has 1 aliphatic rings. The van der Waals surface area contributed by atoms with Gasteiger partial charge in [-0.05, 0) is 63.1 Å². The average Bonchev–Trinajstić information content (AvgIpc) is 3.04. The van der Waals surface area contributed by atoms with Crippen LogP contribution in [0.15, 0.2) is 18.2 Å².